The van der Waals surface area contributed by atoms with Gasteiger partial charge in [-0.2, -0.15) is 0 Å². The summed E-state index contributed by atoms with van der Waals surface area (Å²) in [6.07, 6.45) is 2.16. The van der Waals surface area contributed by atoms with Crippen LogP contribution in [0, 0.1) is 0 Å². The van der Waals surface area contributed by atoms with E-state index >= 15 is 0 Å². The fourth-order valence-electron chi connectivity index (χ4n) is 2.25. The van der Waals surface area contributed by atoms with Crippen molar-refractivity contribution < 1.29 is 24.6 Å². The summed E-state index contributed by atoms with van der Waals surface area (Å²) in [6, 6.07) is 9.64. The Bertz CT molecular complexity index is 759. The number of carboxylic acids is 2. The fraction of sp³-hybridized carbons (Fsp3) is 0.350. The molecule has 0 saturated heterocycles. The van der Waals surface area contributed by atoms with Crippen LogP contribution in [0.5, 0.6) is 0 Å². The molecule has 0 spiro atoms. The van der Waals surface area contributed by atoms with Gasteiger partial charge in [0.1, 0.15) is 6.04 Å². The van der Waals surface area contributed by atoms with Crippen LogP contribution in [-0.2, 0) is 9.59 Å². The summed E-state index contributed by atoms with van der Waals surface area (Å²) in [4.78, 5) is 33.7. The smallest absolute Gasteiger partial charge is 0.320 e. The van der Waals surface area contributed by atoms with Crippen LogP contribution in [0.3, 0.4) is 0 Å². The Morgan fingerprint density at radius 2 is 1.68 bits per heavy atom. The molecule has 2 rings (SSSR count). The zero-order valence-electron chi connectivity index (χ0n) is 15.7. The zero-order valence-corrected chi connectivity index (χ0v) is 16.5. The number of hydrogen-bond acceptors (Lipinski definition) is 6. The number of carbonyl (C=O) groups excluding carboxylic acids is 1. The molecule has 0 saturated carbocycles. The maximum Gasteiger partial charge on any atom is 0.320 e. The number of nitrogens with two attached hydrogens (primary N) is 2. The van der Waals surface area contributed by atoms with Gasteiger partial charge in [0.2, 0.25) is 5.78 Å². The summed E-state index contributed by atoms with van der Waals surface area (Å²) in [5, 5.41) is 19.1. The SMILES string of the molecule is CC(C(=O)O)c1ccc(C(=O)c2cccs2)cc1.NCCCCC(N)C(=O)O. The highest BCUT2D eigenvalue weighted by atomic mass is 32.1. The lowest BCUT2D eigenvalue weighted by Gasteiger charge is -2.06. The Hall–Kier alpha value is -2.55. The van der Waals surface area contributed by atoms with Gasteiger partial charge >= 0.3 is 11.9 Å². The van der Waals surface area contributed by atoms with Crippen LogP contribution in [0.25, 0.3) is 0 Å². The first-order valence-electron chi connectivity index (χ1n) is 8.87. The average molecular weight is 407 g/mol. The minimum atomic E-state index is -0.933. The van der Waals surface area contributed by atoms with E-state index in [4.69, 9.17) is 21.7 Å². The Kier molecular flexibility index (Phi) is 10.1. The van der Waals surface area contributed by atoms with Crippen LogP contribution >= 0.6 is 11.3 Å². The number of unbranched alkanes of at least 4 members (excludes halogenated alkanes) is 1. The first-order valence-corrected chi connectivity index (χ1v) is 9.75. The van der Waals surface area contributed by atoms with Gasteiger partial charge < -0.3 is 21.7 Å². The van der Waals surface area contributed by atoms with E-state index in [2.05, 4.69) is 0 Å². The molecular formula is C20H26N2O5S. The summed E-state index contributed by atoms with van der Waals surface area (Å²) in [5.41, 5.74) is 11.7. The molecule has 6 N–H and O–H groups in total. The van der Waals surface area contributed by atoms with Crippen molar-refractivity contribution in [1.29, 1.82) is 0 Å². The Morgan fingerprint density at radius 3 is 2.14 bits per heavy atom. The highest BCUT2D eigenvalue weighted by Crippen LogP contribution is 2.19. The minimum Gasteiger partial charge on any atom is -0.481 e. The molecule has 1 aromatic carbocycles. The van der Waals surface area contributed by atoms with Gasteiger partial charge in [0.25, 0.3) is 0 Å². The molecule has 152 valence electrons. The van der Waals surface area contributed by atoms with Crippen molar-refractivity contribution in [3.8, 4) is 0 Å². The summed E-state index contributed by atoms with van der Waals surface area (Å²) in [6.45, 7) is 2.23. The van der Waals surface area contributed by atoms with E-state index in [0.717, 1.165) is 12.8 Å². The van der Waals surface area contributed by atoms with Crippen molar-refractivity contribution in [2.45, 2.75) is 38.1 Å². The first-order chi connectivity index (χ1) is 13.3. The van der Waals surface area contributed by atoms with Crippen LogP contribution < -0.4 is 11.5 Å². The van der Waals surface area contributed by atoms with Crippen LogP contribution in [0.4, 0.5) is 0 Å². The van der Waals surface area contributed by atoms with Crippen LogP contribution in [0.15, 0.2) is 41.8 Å². The van der Waals surface area contributed by atoms with E-state index in [1.807, 2.05) is 11.4 Å². The van der Waals surface area contributed by atoms with Crippen LogP contribution in [-0.4, -0.2) is 40.5 Å². The lowest BCUT2D eigenvalue weighted by atomic mass is 9.99. The second-order valence-electron chi connectivity index (χ2n) is 6.22. The molecule has 1 heterocycles. The molecule has 2 aromatic rings. The maximum atomic E-state index is 12.0. The zero-order chi connectivity index (χ0) is 21.1. The standard InChI is InChI=1S/C14H12O3S.C6H14N2O2/c1-9(14(16)17)10-4-6-11(7-5-10)13(15)12-3-2-8-18-12;7-4-2-1-3-5(8)6(9)10/h2-9H,1H3,(H,16,17);5H,1-4,7-8H2,(H,9,10). The van der Waals surface area contributed by atoms with Gasteiger partial charge in [-0.25, -0.2) is 0 Å². The van der Waals surface area contributed by atoms with Crippen molar-refractivity contribution in [2.24, 2.45) is 11.5 Å². The summed E-state index contributed by atoms with van der Waals surface area (Å²) < 4.78 is 0. The van der Waals surface area contributed by atoms with Crippen molar-refractivity contribution in [3.05, 3.63) is 57.8 Å². The maximum absolute atomic E-state index is 12.0. The molecule has 0 amide bonds. The normalized spacial score (nSPS) is 12.4. The van der Waals surface area contributed by atoms with E-state index in [0.29, 0.717) is 29.0 Å². The van der Waals surface area contributed by atoms with E-state index in [-0.39, 0.29) is 5.78 Å². The number of carboxylic acid groups (broad SMARTS) is 2. The molecule has 2 unspecified atom stereocenters. The third kappa shape index (κ3) is 7.59. The van der Waals surface area contributed by atoms with Gasteiger partial charge in [-0.1, -0.05) is 36.8 Å². The molecule has 7 nitrogen and oxygen atoms in total. The first kappa shape index (κ1) is 23.5. The van der Waals surface area contributed by atoms with Gasteiger partial charge in [0.05, 0.1) is 10.8 Å². The fourth-order valence-corrected chi connectivity index (χ4v) is 2.93. The number of rotatable bonds is 9. The summed E-state index contributed by atoms with van der Waals surface area (Å²) in [5.74, 6) is -2.39. The molecule has 0 fully saturated rings. The van der Waals surface area contributed by atoms with Crippen LogP contribution in [0.2, 0.25) is 0 Å². The van der Waals surface area contributed by atoms with E-state index < -0.39 is 23.9 Å². The molecule has 0 aliphatic carbocycles. The highest BCUT2D eigenvalue weighted by Gasteiger charge is 2.15. The van der Waals surface area contributed by atoms with Gasteiger partial charge in [-0.3, -0.25) is 14.4 Å². The molecule has 1 aromatic heterocycles. The van der Waals surface area contributed by atoms with Crippen molar-refractivity contribution in [1.82, 2.24) is 0 Å². The van der Waals surface area contributed by atoms with Crippen molar-refractivity contribution >= 4 is 29.1 Å². The Morgan fingerprint density at radius 1 is 1.04 bits per heavy atom. The van der Waals surface area contributed by atoms with E-state index in [1.54, 1.807) is 37.3 Å². The van der Waals surface area contributed by atoms with E-state index in [9.17, 15) is 14.4 Å². The molecular weight excluding hydrogens is 380 g/mol. The molecule has 0 aliphatic heterocycles. The second-order valence-corrected chi connectivity index (χ2v) is 7.17. The number of benzene rings is 1. The number of aliphatic carboxylic acids is 2. The molecule has 28 heavy (non-hydrogen) atoms. The number of carbonyl (C=O) groups is 3. The Balaban J connectivity index is 0.000000336. The molecule has 2 atom stereocenters. The average Bonchev–Trinajstić information content (AvgIpc) is 3.22. The highest BCUT2D eigenvalue weighted by molar-refractivity contribution is 7.12. The third-order valence-electron chi connectivity index (χ3n) is 4.07. The monoisotopic (exact) mass is 406 g/mol. The predicted octanol–water partition coefficient (Wildman–Crippen LogP) is 2.69. The largest absolute Gasteiger partial charge is 0.481 e. The van der Waals surface area contributed by atoms with Gasteiger partial charge in [0.15, 0.2) is 0 Å². The van der Waals surface area contributed by atoms with Crippen molar-refractivity contribution in [2.75, 3.05) is 6.54 Å². The topological polar surface area (TPSA) is 144 Å². The second kappa shape index (κ2) is 12.0. The molecule has 0 aliphatic rings. The minimum absolute atomic E-state index is 0.0282. The number of thiophene rings is 1. The predicted molar refractivity (Wildman–Crippen MR) is 109 cm³/mol. The Labute approximate surface area is 168 Å². The lowest BCUT2D eigenvalue weighted by molar-refractivity contribution is -0.139. The lowest BCUT2D eigenvalue weighted by Crippen LogP contribution is -2.29. The quantitative estimate of drug-likeness (QED) is 0.370. The summed E-state index contributed by atoms with van der Waals surface area (Å²) in [7, 11) is 0. The van der Waals surface area contributed by atoms with Crippen LogP contribution in [0.1, 0.15) is 52.9 Å². The van der Waals surface area contributed by atoms with Crippen molar-refractivity contribution in [3.63, 3.8) is 0 Å². The molecule has 8 heteroatoms. The third-order valence-corrected chi connectivity index (χ3v) is 4.94. The number of ketones is 1. The van der Waals surface area contributed by atoms with Gasteiger partial charge in [0, 0.05) is 5.56 Å². The molecule has 0 radical (unpaired) electrons. The van der Waals surface area contributed by atoms with Gasteiger partial charge in [-0.05, 0) is 43.3 Å². The van der Waals surface area contributed by atoms with E-state index in [1.165, 1.54) is 11.3 Å². The molecule has 0 bridgehead atoms. The summed E-state index contributed by atoms with van der Waals surface area (Å²) >= 11 is 1.40. The number of hydrogen-bond donors (Lipinski definition) is 4. The van der Waals surface area contributed by atoms with Gasteiger partial charge in [-0.15, -0.1) is 11.3 Å².